The molecule has 20 heavy (non-hydrogen) atoms. The summed E-state index contributed by atoms with van der Waals surface area (Å²) in [7, 11) is 0. The quantitative estimate of drug-likeness (QED) is 0.838. The van der Waals surface area contributed by atoms with E-state index in [9.17, 15) is 4.79 Å². The van der Waals surface area contributed by atoms with Crippen molar-refractivity contribution in [3.05, 3.63) is 21.9 Å². The van der Waals surface area contributed by atoms with Crippen molar-refractivity contribution in [1.82, 2.24) is 5.32 Å². The van der Waals surface area contributed by atoms with E-state index in [-0.39, 0.29) is 12.5 Å². The minimum atomic E-state index is -0.120. The Bertz CT molecular complexity index is 492. The van der Waals surface area contributed by atoms with Crippen LogP contribution in [0.3, 0.4) is 0 Å². The van der Waals surface area contributed by atoms with Gasteiger partial charge in [-0.1, -0.05) is 31.1 Å². The monoisotopic (exact) mass is 291 g/mol. The zero-order valence-electron chi connectivity index (χ0n) is 11.7. The molecule has 1 aliphatic rings. The average molecular weight is 291 g/mol. The zero-order valence-corrected chi connectivity index (χ0v) is 12.5. The Morgan fingerprint density at radius 1 is 1.35 bits per heavy atom. The van der Waals surface area contributed by atoms with Crippen LogP contribution in [0.25, 0.3) is 0 Å². The molecule has 2 N–H and O–H groups in total. The highest BCUT2D eigenvalue weighted by molar-refractivity contribution is 7.12. The maximum absolute atomic E-state index is 11.9. The SMILES string of the molecule is O=C(CC1CCCCC1)NCc1ccc(C#CCO)s1. The van der Waals surface area contributed by atoms with Gasteiger partial charge < -0.3 is 10.4 Å². The van der Waals surface area contributed by atoms with E-state index in [1.54, 1.807) is 11.3 Å². The number of hydrogen-bond donors (Lipinski definition) is 2. The standard InChI is InChI=1S/C16H21NO2S/c18-10-4-7-14-8-9-15(20-14)12-17-16(19)11-13-5-2-1-3-6-13/h8-9,13,18H,1-3,5-6,10-12H2,(H,17,19). The number of carbonyl (C=O) groups is 1. The Labute approximate surface area is 124 Å². The highest BCUT2D eigenvalue weighted by atomic mass is 32.1. The summed E-state index contributed by atoms with van der Waals surface area (Å²) in [6, 6.07) is 3.91. The summed E-state index contributed by atoms with van der Waals surface area (Å²) in [5.74, 6) is 6.24. The number of nitrogens with one attached hydrogen (secondary N) is 1. The van der Waals surface area contributed by atoms with Crippen LogP contribution in [0, 0.1) is 17.8 Å². The molecule has 0 aliphatic heterocycles. The van der Waals surface area contributed by atoms with Crippen LogP contribution in [-0.4, -0.2) is 17.6 Å². The van der Waals surface area contributed by atoms with E-state index in [0.717, 1.165) is 9.75 Å². The smallest absolute Gasteiger partial charge is 0.220 e. The molecule has 0 spiro atoms. The van der Waals surface area contributed by atoms with E-state index in [0.29, 0.717) is 18.9 Å². The maximum Gasteiger partial charge on any atom is 0.220 e. The largest absolute Gasteiger partial charge is 0.384 e. The van der Waals surface area contributed by atoms with E-state index < -0.39 is 0 Å². The first kappa shape index (κ1) is 15.1. The Hall–Kier alpha value is -1.31. The fourth-order valence-corrected chi connectivity index (χ4v) is 3.40. The molecule has 1 aromatic rings. The van der Waals surface area contributed by atoms with Crippen LogP contribution in [0.2, 0.25) is 0 Å². The van der Waals surface area contributed by atoms with Crippen molar-refractivity contribution in [3.8, 4) is 11.8 Å². The Balaban J connectivity index is 1.73. The van der Waals surface area contributed by atoms with Crippen LogP contribution >= 0.6 is 11.3 Å². The number of hydrogen-bond acceptors (Lipinski definition) is 3. The van der Waals surface area contributed by atoms with Gasteiger partial charge in [-0.15, -0.1) is 11.3 Å². The van der Waals surface area contributed by atoms with Crippen molar-refractivity contribution >= 4 is 17.2 Å². The lowest BCUT2D eigenvalue weighted by atomic mass is 9.87. The normalized spacial score (nSPS) is 15.4. The molecule has 1 aliphatic carbocycles. The number of aliphatic hydroxyl groups is 1. The molecule has 3 nitrogen and oxygen atoms in total. The Morgan fingerprint density at radius 3 is 2.90 bits per heavy atom. The molecule has 1 amide bonds. The predicted octanol–water partition coefficient (Wildman–Crippen LogP) is 2.68. The third kappa shape index (κ3) is 4.99. The number of thiophene rings is 1. The van der Waals surface area contributed by atoms with Gasteiger partial charge in [-0.2, -0.15) is 0 Å². The summed E-state index contributed by atoms with van der Waals surface area (Å²) in [6.45, 7) is 0.461. The lowest BCUT2D eigenvalue weighted by Gasteiger charge is -2.20. The lowest BCUT2D eigenvalue weighted by Crippen LogP contribution is -2.25. The van der Waals surface area contributed by atoms with Gasteiger partial charge in [0.15, 0.2) is 0 Å². The van der Waals surface area contributed by atoms with Gasteiger partial charge in [-0.25, -0.2) is 0 Å². The van der Waals surface area contributed by atoms with Gasteiger partial charge in [-0.3, -0.25) is 4.79 Å². The molecule has 0 unspecified atom stereocenters. The van der Waals surface area contributed by atoms with Crippen molar-refractivity contribution in [2.45, 2.75) is 45.1 Å². The van der Waals surface area contributed by atoms with Crippen LogP contribution in [0.5, 0.6) is 0 Å². The van der Waals surface area contributed by atoms with Gasteiger partial charge in [0.2, 0.25) is 5.91 Å². The average Bonchev–Trinajstić information content (AvgIpc) is 2.92. The molecule has 1 fully saturated rings. The lowest BCUT2D eigenvalue weighted by molar-refractivity contribution is -0.122. The van der Waals surface area contributed by atoms with Gasteiger partial charge >= 0.3 is 0 Å². The summed E-state index contributed by atoms with van der Waals surface area (Å²) in [5.41, 5.74) is 0. The summed E-state index contributed by atoms with van der Waals surface area (Å²) in [4.78, 5) is 13.9. The maximum atomic E-state index is 11.9. The van der Waals surface area contributed by atoms with Crippen molar-refractivity contribution < 1.29 is 9.90 Å². The topological polar surface area (TPSA) is 49.3 Å². The molecule has 1 heterocycles. The van der Waals surface area contributed by atoms with Gasteiger partial charge in [0, 0.05) is 11.3 Å². The summed E-state index contributed by atoms with van der Waals surface area (Å²) in [6.07, 6.45) is 6.94. The molecule has 0 bridgehead atoms. The van der Waals surface area contributed by atoms with E-state index in [1.807, 2.05) is 12.1 Å². The fraction of sp³-hybridized carbons (Fsp3) is 0.562. The van der Waals surface area contributed by atoms with Crippen LogP contribution in [-0.2, 0) is 11.3 Å². The van der Waals surface area contributed by atoms with E-state index >= 15 is 0 Å². The summed E-state index contributed by atoms with van der Waals surface area (Å²) >= 11 is 1.56. The van der Waals surface area contributed by atoms with Crippen LogP contribution in [0.4, 0.5) is 0 Å². The van der Waals surface area contributed by atoms with Gasteiger partial charge in [0.25, 0.3) is 0 Å². The molecule has 0 radical (unpaired) electrons. The minimum Gasteiger partial charge on any atom is -0.384 e. The predicted molar refractivity (Wildman–Crippen MR) is 81.3 cm³/mol. The molecule has 108 valence electrons. The second kappa shape index (κ2) is 8.08. The van der Waals surface area contributed by atoms with Crippen LogP contribution in [0.1, 0.15) is 48.3 Å². The number of aliphatic hydroxyl groups excluding tert-OH is 1. The van der Waals surface area contributed by atoms with Gasteiger partial charge in [0.05, 0.1) is 11.4 Å². The van der Waals surface area contributed by atoms with E-state index in [1.165, 1.54) is 32.1 Å². The van der Waals surface area contributed by atoms with Crippen LogP contribution < -0.4 is 5.32 Å². The molecule has 0 aromatic carbocycles. The van der Waals surface area contributed by atoms with Crippen molar-refractivity contribution in [1.29, 1.82) is 0 Å². The zero-order chi connectivity index (χ0) is 14.2. The first-order valence-corrected chi connectivity index (χ1v) is 8.04. The third-order valence-electron chi connectivity index (χ3n) is 3.61. The first-order chi connectivity index (χ1) is 9.78. The fourth-order valence-electron chi connectivity index (χ4n) is 2.58. The molecular weight excluding hydrogens is 270 g/mol. The molecule has 1 saturated carbocycles. The van der Waals surface area contributed by atoms with Crippen molar-refractivity contribution in [3.63, 3.8) is 0 Å². The molecule has 0 saturated heterocycles. The Kier molecular flexibility index (Phi) is 6.10. The molecule has 1 aromatic heterocycles. The van der Waals surface area contributed by atoms with E-state index in [4.69, 9.17) is 5.11 Å². The number of carbonyl (C=O) groups excluding carboxylic acids is 1. The van der Waals surface area contributed by atoms with Gasteiger partial charge in [-0.05, 0) is 30.9 Å². The minimum absolute atomic E-state index is 0.120. The molecule has 4 heteroatoms. The second-order valence-electron chi connectivity index (χ2n) is 5.21. The third-order valence-corrected chi connectivity index (χ3v) is 4.61. The summed E-state index contributed by atoms with van der Waals surface area (Å²) in [5, 5.41) is 11.6. The van der Waals surface area contributed by atoms with E-state index in [2.05, 4.69) is 17.2 Å². The highest BCUT2D eigenvalue weighted by Crippen LogP contribution is 2.26. The second-order valence-corrected chi connectivity index (χ2v) is 6.38. The highest BCUT2D eigenvalue weighted by Gasteiger charge is 2.16. The first-order valence-electron chi connectivity index (χ1n) is 7.23. The van der Waals surface area contributed by atoms with Crippen molar-refractivity contribution in [2.75, 3.05) is 6.61 Å². The molecule has 0 atom stereocenters. The Morgan fingerprint density at radius 2 is 2.15 bits per heavy atom. The van der Waals surface area contributed by atoms with Crippen LogP contribution in [0.15, 0.2) is 12.1 Å². The number of amides is 1. The summed E-state index contributed by atoms with van der Waals surface area (Å²) < 4.78 is 0. The van der Waals surface area contributed by atoms with Gasteiger partial charge in [0.1, 0.15) is 6.61 Å². The van der Waals surface area contributed by atoms with Crippen molar-refractivity contribution in [2.24, 2.45) is 5.92 Å². The molecule has 2 rings (SSSR count). The number of rotatable bonds is 4. The molecular formula is C16H21NO2S.